The van der Waals surface area contributed by atoms with Crippen molar-refractivity contribution in [3.05, 3.63) is 130 Å². The average molecular weight is 701 g/mol. The van der Waals surface area contributed by atoms with Gasteiger partial charge < -0.3 is 25.8 Å². The minimum Gasteiger partial charge on any atom is -0.496 e. The molecule has 0 aromatic heterocycles. The lowest BCUT2D eigenvalue weighted by atomic mass is 9.99. The third-order valence-electron chi connectivity index (χ3n) is 8.67. The highest BCUT2D eigenvalue weighted by molar-refractivity contribution is 7.92. The fourth-order valence-electron chi connectivity index (χ4n) is 5.58. The zero-order chi connectivity index (χ0) is 36.3. The van der Waals surface area contributed by atoms with Crippen LogP contribution in [0.25, 0.3) is 0 Å². The van der Waals surface area contributed by atoms with Gasteiger partial charge in [0.2, 0.25) is 10.0 Å². The smallest absolute Gasteiger partial charge is 0.251 e. The number of nitrogens with one attached hydrogen (secondary N) is 3. The molecule has 0 spiro atoms. The number of aryl methyl sites for hydroxylation is 2. The number of anilines is 1. The van der Waals surface area contributed by atoms with E-state index in [4.69, 9.17) is 4.74 Å². The molecule has 0 bridgehead atoms. The van der Waals surface area contributed by atoms with E-state index < -0.39 is 34.0 Å². The van der Waals surface area contributed by atoms with E-state index in [0.717, 1.165) is 51.4 Å². The summed E-state index contributed by atoms with van der Waals surface area (Å²) in [6, 6.07) is 28.4. The maximum Gasteiger partial charge on any atom is 0.251 e. The molecule has 0 aliphatic heterocycles. The van der Waals surface area contributed by atoms with Crippen LogP contribution in [-0.4, -0.2) is 71.0 Å². The molecular formula is C39H48N4O6S. The van der Waals surface area contributed by atoms with Gasteiger partial charge in [0.1, 0.15) is 5.75 Å². The minimum atomic E-state index is -3.71. The van der Waals surface area contributed by atoms with Crippen LogP contribution in [0.3, 0.4) is 0 Å². The largest absolute Gasteiger partial charge is 0.496 e. The quantitative estimate of drug-likeness (QED) is 0.116. The fourth-order valence-corrected chi connectivity index (χ4v) is 6.07. The number of carbonyl (C=O) groups excluding carboxylic acids is 2. The Hall–Kier alpha value is -4.71. The summed E-state index contributed by atoms with van der Waals surface area (Å²) < 4.78 is 31.4. The SMILES string of the molecule is COc1cc(CCCNC[C@@H](O)[C@H](Cc2ccccc2)NC(=O)c2cc(C(=O)N[C@H](C)c3ccccc3)cc(N(C)S(C)(=O)=O)c2)ccc1C. The van der Waals surface area contributed by atoms with Crippen molar-refractivity contribution in [2.24, 2.45) is 0 Å². The van der Waals surface area contributed by atoms with Gasteiger partial charge in [-0.15, -0.1) is 0 Å². The predicted octanol–water partition coefficient (Wildman–Crippen LogP) is 4.81. The second-order valence-corrected chi connectivity index (χ2v) is 14.6. The number of methoxy groups -OCH3 is 1. The molecule has 0 aliphatic carbocycles. The summed E-state index contributed by atoms with van der Waals surface area (Å²) in [6.45, 7) is 4.73. The number of sulfonamides is 1. The molecule has 0 radical (unpaired) electrons. The van der Waals surface area contributed by atoms with Gasteiger partial charge in [0.15, 0.2) is 0 Å². The normalized spacial score (nSPS) is 13.2. The van der Waals surface area contributed by atoms with E-state index in [0.29, 0.717) is 13.0 Å². The number of nitrogens with zero attached hydrogens (tertiary/aromatic N) is 1. The summed E-state index contributed by atoms with van der Waals surface area (Å²) in [7, 11) is -0.682. The lowest BCUT2D eigenvalue weighted by molar-refractivity contribution is 0.0831. The van der Waals surface area contributed by atoms with Gasteiger partial charge in [0.05, 0.1) is 37.2 Å². The Bertz CT molecular complexity index is 1840. The van der Waals surface area contributed by atoms with Crippen LogP contribution in [0, 0.1) is 6.92 Å². The van der Waals surface area contributed by atoms with Crippen LogP contribution in [0.1, 0.15) is 62.4 Å². The molecule has 3 atom stereocenters. The Morgan fingerprint density at radius 1 is 0.860 bits per heavy atom. The average Bonchev–Trinajstić information content (AvgIpc) is 3.11. The van der Waals surface area contributed by atoms with Crippen LogP contribution < -0.4 is 25.0 Å². The molecule has 50 heavy (non-hydrogen) atoms. The molecule has 4 rings (SSSR count). The first-order chi connectivity index (χ1) is 23.8. The van der Waals surface area contributed by atoms with E-state index in [2.05, 4.69) is 22.0 Å². The molecule has 0 fully saturated rings. The van der Waals surface area contributed by atoms with Crippen molar-refractivity contribution in [3.63, 3.8) is 0 Å². The molecule has 4 N–H and O–H groups in total. The number of hydrogen-bond acceptors (Lipinski definition) is 7. The van der Waals surface area contributed by atoms with Gasteiger partial charge in [-0.05, 0) is 86.2 Å². The molecule has 10 nitrogen and oxygen atoms in total. The van der Waals surface area contributed by atoms with E-state index in [9.17, 15) is 23.1 Å². The number of ether oxygens (including phenoxy) is 1. The number of rotatable bonds is 17. The Kier molecular flexibility index (Phi) is 13.6. The first kappa shape index (κ1) is 38.1. The predicted molar refractivity (Wildman–Crippen MR) is 198 cm³/mol. The van der Waals surface area contributed by atoms with Crippen LogP contribution in [0.5, 0.6) is 5.75 Å². The van der Waals surface area contributed by atoms with Crippen molar-refractivity contribution < 1.29 is 27.9 Å². The standard InChI is InChI=1S/C39H48N4O6S/c1-27-18-19-30(22-37(27)49-4)15-12-20-40-26-36(44)35(21-29-13-8-6-9-14-29)42-39(46)33-23-32(24-34(25-33)43(3)50(5,47)48)38(45)41-28(2)31-16-10-7-11-17-31/h6-11,13-14,16-19,22-25,28,35-36,40,44H,12,15,20-21,26H2,1-5H3,(H,41,45)(H,42,46)/t28-,35+,36-/m1/s1. The summed E-state index contributed by atoms with van der Waals surface area (Å²) in [5.74, 6) is -0.158. The number of aliphatic hydroxyl groups is 1. The van der Waals surface area contributed by atoms with Gasteiger partial charge in [0, 0.05) is 24.7 Å². The van der Waals surface area contributed by atoms with E-state index in [1.165, 1.54) is 25.2 Å². The lowest BCUT2D eigenvalue weighted by Gasteiger charge is -2.25. The fraction of sp³-hybridized carbons (Fsp3) is 0.333. The molecule has 4 aromatic carbocycles. The summed E-state index contributed by atoms with van der Waals surface area (Å²) in [4.78, 5) is 27.3. The van der Waals surface area contributed by atoms with Crippen molar-refractivity contribution in [2.75, 3.05) is 37.8 Å². The molecule has 0 aliphatic rings. The number of benzene rings is 4. The summed E-state index contributed by atoms with van der Waals surface area (Å²) >= 11 is 0. The summed E-state index contributed by atoms with van der Waals surface area (Å²) in [5, 5.41) is 20.5. The second kappa shape index (κ2) is 17.8. The number of amides is 2. The Morgan fingerprint density at radius 2 is 1.48 bits per heavy atom. The molecule has 266 valence electrons. The van der Waals surface area contributed by atoms with Crippen molar-refractivity contribution in [3.8, 4) is 5.75 Å². The molecule has 0 saturated carbocycles. The van der Waals surface area contributed by atoms with Crippen molar-refractivity contribution >= 4 is 27.5 Å². The molecule has 0 unspecified atom stereocenters. The zero-order valence-electron chi connectivity index (χ0n) is 29.3. The third-order valence-corrected chi connectivity index (χ3v) is 9.88. The first-order valence-electron chi connectivity index (χ1n) is 16.7. The third kappa shape index (κ3) is 10.9. The minimum absolute atomic E-state index is 0.0854. The van der Waals surface area contributed by atoms with E-state index in [1.54, 1.807) is 7.11 Å². The molecule has 0 saturated heterocycles. The molecular weight excluding hydrogens is 653 g/mol. The van der Waals surface area contributed by atoms with Crippen molar-refractivity contribution in [1.82, 2.24) is 16.0 Å². The van der Waals surface area contributed by atoms with Crippen molar-refractivity contribution in [1.29, 1.82) is 0 Å². The Balaban J connectivity index is 1.50. The highest BCUT2D eigenvalue weighted by Crippen LogP contribution is 2.23. The monoisotopic (exact) mass is 700 g/mol. The van der Waals surface area contributed by atoms with E-state index in [-0.39, 0.29) is 29.4 Å². The van der Waals surface area contributed by atoms with Crippen molar-refractivity contribution in [2.45, 2.75) is 51.3 Å². The highest BCUT2D eigenvalue weighted by Gasteiger charge is 2.25. The Morgan fingerprint density at radius 3 is 2.10 bits per heavy atom. The Labute approximate surface area is 295 Å². The van der Waals surface area contributed by atoms with Gasteiger partial charge >= 0.3 is 0 Å². The van der Waals surface area contributed by atoms with Gasteiger partial charge in [-0.2, -0.15) is 0 Å². The van der Waals surface area contributed by atoms with Crippen LogP contribution >= 0.6 is 0 Å². The molecule has 0 heterocycles. The van der Waals surface area contributed by atoms with E-state index in [1.807, 2.05) is 86.6 Å². The first-order valence-corrected chi connectivity index (χ1v) is 18.5. The maximum atomic E-state index is 13.8. The van der Waals surface area contributed by atoms with Gasteiger partial charge in [-0.3, -0.25) is 13.9 Å². The number of carbonyl (C=O) groups is 2. The van der Waals surface area contributed by atoms with Gasteiger partial charge in [-0.25, -0.2) is 8.42 Å². The van der Waals surface area contributed by atoms with E-state index >= 15 is 0 Å². The molecule has 4 aromatic rings. The summed E-state index contributed by atoms with van der Waals surface area (Å²) in [5.41, 5.74) is 4.42. The summed E-state index contributed by atoms with van der Waals surface area (Å²) in [6.07, 6.45) is 2.12. The van der Waals surface area contributed by atoms with Gasteiger partial charge in [0.25, 0.3) is 11.8 Å². The van der Waals surface area contributed by atoms with Crippen LogP contribution in [-0.2, 0) is 22.9 Å². The topological polar surface area (TPSA) is 137 Å². The maximum absolute atomic E-state index is 13.8. The molecule has 2 amide bonds. The van der Waals surface area contributed by atoms with Crippen LogP contribution in [0.15, 0.2) is 97.1 Å². The lowest BCUT2D eigenvalue weighted by Crippen LogP contribution is -2.49. The van der Waals surface area contributed by atoms with Gasteiger partial charge in [-0.1, -0.05) is 72.8 Å². The number of aliphatic hydroxyl groups excluding tert-OH is 1. The highest BCUT2D eigenvalue weighted by atomic mass is 32.2. The molecule has 11 heteroatoms. The zero-order valence-corrected chi connectivity index (χ0v) is 30.2. The second-order valence-electron chi connectivity index (χ2n) is 12.6. The van der Waals surface area contributed by atoms with Crippen LogP contribution in [0.2, 0.25) is 0 Å². The number of hydrogen-bond donors (Lipinski definition) is 4. The van der Waals surface area contributed by atoms with Crippen LogP contribution in [0.4, 0.5) is 5.69 Å².